The number of nitrogens with zero attached hydrogens (tertiary/aromatic N) is 1. The van der Waals surface area contributed by atoms with Gasteiger partial charge in [0.15, 0.2) is 0 Å². The Kier molecular flexibility index (Phi) is 3.59. The Morgan fingerprint density at radius 2 is 2.00 bits per heavy atom. The summed E-state index contributed by atoms with van der Waals surface area (Å²) in [5, 5.41) is 3.35. The Balaban J connectivity index is 4.58. The fourth-order valence-corrected chi connectivity index (χ4v) is 0.395. The van der Waals surface area contributed by atoms with E-state index in [0.717, 1.165) is 13.1 Å². The minimum atomic E-state index is -4.39. The molecule has 12 heavy (non-hydrogen) atoms. The van der Waals surface area contributed by atoms with Crippen LogP contribution in [0.2, 0.25) is 0 Å². The SMILES string of the molecule is CN/N=C\C(N)=C(/C)C(F)(F)F. The zero-order valence-corrected chi connectivity index (χ0v) is 6.74. The van der Waals surface area contributed by atoms with Crippen LogP contribution in [0.15, 0.2) is 16.4 Å². The van der Waals surface area contributed by atoms with E-state index in [9.17, 15) is 13.2 Å². The highest BCUT2D eigenvalue weighted by atomic mass is 19.4. The Bertz CT molecular complexity index is 205. The van der Waals surface area contributed by atoms with Crippen molar-refractivity contribution in [2.24, 2.45) is 10.8 Å². The van der Waals surface area contributed by atoms with E-state index in [1.54, 1.807) is 0 Å². The maximum Gasteiger partial charge on any atom is 0.414 e. The molecule has 0 fully saturated rings. The second-order valence-corrected chi connectivity index (χ2v) is 2.06. The first-order valence-corrected chi connectivity index (χ1v) is 3.13. The molecule has 0 saturated carbocycles. The van der Waals surface area contributed by atoms with Crippen molar-refractivity contribution in [3.63, 3.8) is 0 Å². The van der Waals surface area contributed by atoms with Crippen LogP contribution < -0.4 is 11.2 Å². The maximum atomic E-state index is 11.9. The molecule has 6 heteroatoms. The van der Waals surface area contributed by atoms with Crippen LogP contribution in [0.25, 0.3) is 0 Å². The molecule has 0 aliphatic rings. The van der Waals surface area contributed by atoms with Crippen molar-refractivity contribution in [3.8, 4) is 0 Å². The third kappa shape index (κ3) is 3.27. The van der Waals surface area contributed by atoms with Gasteiger partial charge in [-0.05, 0) is 6.92 Å². The van der Waals surface area contributed by atoms with Crippen LogP contribution in [0.4, 0.5) is 13.2 Å². The predicted molar refractivity (Wildman–Crippen MR) is 40.5 cm³/mol. The molecule has 0 aliphatic heterocycles. The molecule has 0 atom stereocenters. The lowest BCUT2D eigenvalue weighted by Crippen LogP contribution is -2.16. The molecule has 3 N–H and O–H groups in total. The van der Waals surface area contributed by atoms with E-state index < -0.39 is 17.4 Å². The van der Waals surface area contributed by atoms with Crippen molar-refractivity contribution >= 4 is 6.21 Å². The Hall–Kier alpha value is -1.20. The third-order valence-electron chi connectivity index (χ3n) is 1.19. The number of alkyl halides is 3. The van der Waals surface area contributed by atoms with Gasteiger partial charge in [0.05, 0.1) is 17.5 Å². The molecule has 0 amide bonds. The van der Waals surface area contributed by atoms with Crippen molar-refractivity contribution in [1.29, 1.82) is 0 Å². The average Bonchev–Trinajstić information content (AvgIpc) is 1.97. The van der Waals surface area contributed by atoms with Gasteiger partial charge in [-0.2, -0.15) is 18.3 Å². The van der Waals surface area contributed by atoms with Gasteiger partial charge in [0.1, 0.15) is 0 Å². The van der Waals surface area contributed by atoms with Crippen LogP contribution >= 0.6 is 0 Å². The normalized spacial score (nSPS) is 14.8. The second kappa shape index (κ2) is 3.99. The fourth-order valence-electron chi connectivity index (χ4n) is 0.395. The molecule has 0 aliphatic carbocycles. The molecule has 3 nitrogen and oxygen atoms in total. The summed E-state index contributed by atoms with van der Waals surface area (Å²) < 4.78 is 35.7. The number of allylic oxidation sites excluding steroid dienone is 2. The molecule has 0 unspecified atom stereocenters. The number of hydrogen-bond donors (Lipinski definition) is 2. The summed E-state index contributed by atoms with van der Waals surface area (Å²) in [6.07, 6.45) is -3.47. The highest BCUT2D eigenvalue weighted by molar-refractivity contribution is 5.78. The maximum absolute atomic E-state index is 11.9. The molecule has 0 bridgehead atoms. The zero-order chi connectivity index (χ0) is 9.78. The molecule has 0 aromatic heterocycles. The summed E-state index contributed by atoms with van der Waals surface area (Å²) in [7, 11) is 1.46. The van der Waals surface area contributed by atoms with E-state index in [-0.39, 0.29) is 0 Å². The zero-order valence-electron chi connectivity index (χ0n) is 6.74. The van der Waals surface area contributed by atoms with E-state index in [0.29, 0.717) is 0 Å². The molecular formula is C6H10F3N3. The van der Waals surface area contributed by atoms with Gasteiger partial charge in [0, 0.05) is 7.05 Å². The van der Waals surface area contributed by atoms with Crippen molar-refractivity contribution in [3.05, 3.63) is 11.3 Å². The molecule has 0 spiro atoms. The van der Waals surface area contributed by atoms with E-state index in [1.807, 2.05) is 0 Å². The molecular weight excluding hydrogens is 171 g/mol. The topological polar surface area (TPSA) is 50.4 Å². The number of hydrogen-bond acceptors (Lipinski definition) is 3. The molecule has 0 aromatic carbocycles. The van der Waals surface area contributed by atoms with Crippen molar-refractivity contribution in [1.82, 2.24) is 5.43 Å². The summed E-state index contributed by atoms with van der Waals surface area (Å²) in [4.78, 5) is 0. The second-order valence-electron chi connectivity index (χ2n) is 2.06. The van der Waals surface area contributed by atoms with Gasteiger partial charge in [-0.3, -0.25) is 0 Å². The van der Waals surface area contributed by atoms with Crippen molar-refractivity contribution < 1.29 is 13.2 Å². The van der Waals surface area contributed by atoms with Crippen LogP contribution in [0, 0.1) is 0 Å². The van der Waals surface area contributed by atoms with Gasteiger partial charge in [-0.25, -0.2) is 0 Å². The van der Waals surface area contributed by atoms with Crippen LogP contribution in [0.1, 0.15) is 6.92 Å². The van der Waals surface area contributed by atoms with Crippen LogP contribution in [-0.2, 0) is 0 Å². The number of rotatable bonds is 2. The molecule has 0 heterocycles. The quantitative estimate of drug-likeness (QED) is 0.493. The number of halogens is 3. The van der Waals surface area contributed by atoms with E-state index >= 15 is 0 Å². The molecule has 0 saturated heterocycles. The summed E-state index contributed by atoms with van der Waals surface area (Å²) in [6.45, 7) is 0.900. The Labute approximate surface area is 68.1 Å². The van der Waals surface area contributed by atoms with E-state index in [2.05, 4.69) is 10.5 Å². The van der Waals surface area contributed by atoms with Crippen molar-refractivity contribution in [2.75, 3.05) is 7.05 Å². The molecule has 0 rings (SSSR count). The highest BCUT2D eigenvalue weighted by Gasteiger charge is 2.31. The first-order chi connectivity index (χ1) is 5.39. The highest BCUT2D eigenvalue weighted by Crippen LogP contribution is 2.25. The van der Waals surface area contributed by atoms with Crippen LogP contribution in [0.3, 0.4) is 0 Å². The van der Waals surface area contributed by atoms with Crippen LogP contribution in [-0.4, -0.2) is 19.4 Å². The standard InChI is InChI=1S/C6H10F3N3/c1-4(6(7,8)9)5(10)3-12-11-2/h3,11H,10H2,1-2H3/b5-4-,12-3-. The fraction of sp³-hybridized carbons (Fsp3) is 0.500. The van der Waals surface area contributed by atoms with Gasteiger partial charge < -0.3 is 11.2 Å². The summed E-state index contributed by atoms with van der Waals surface area (Å²) in [5.74, 6) is 0. The largest absolute Gasteiger partial charge is 0.414 e. The number of hydrazone groups is 1. The minimum Gasteiger partial charge on any atom is -0.397 e. The predicted octanol–water partition coefficient (Wildman–Crippen LogP) is 0.987. The first kappa shape index (κ1) is 10.8. The summed E-state index contributed by atoms with van der Waals surface area (Å²) >= 11 is 0. The lowest BCUT2D eigenvalue weighted by molar-refractivity contribution is -0.0918. The van der Waals surface area contributed by atoms with E-state index in [4.69, 9.17) is 5.73 Å². The van der Waals surface area contributed by atoms with E-state index in [1.165, 1.54) is 7.05 Å². The Morgan fingerprint density at radius 3 is 2.33 bits per heavy atom. The molecule has 0 aromatic rings. The van der Waals surface area contributed by atoms with Gasteiger partial charge >= 0.3 is 6.18 Å². The lowest BCUT2D eigenvalue weighted by Gasteiger charge is -2.07. The van der Waals surface area contributed by atoms with Gasteiger partial charge in [0.2, 0.25) is 0 Å². The van der Waals surface area contributed by atoms with Gasteiger partial charge in [0.25, 0.3) is 0 Å². The summed E-state index contributed by atoms with van der Waals surface area (Å²) in [6, 6.07) is 0. The minimum absolute atomic E-state index is 0.392. The average molecular weight is 181 g/mol. The van der Waals surface area contributed by atoms with Crippen molar-refractivity contribution in [2.45, 2.75) is 13.1 Å². The molecule has 0 radical (unpaired) electrons. The molecule has 70 valence electrons. The number of nitrogens with two attached hydrogens (primary N) is 1. The van der Waals surface area contributed by atoms with Gasteiger partial charge in [-0.1, -0.05) is 0 Å². The monoisotopic (exact) mass is 181 g/mol. The number of nitrogens with one attached hydrogen (secondary N) is 1. The van der Waals surface area contributed by atoms with Gasteiger partial charge in [-0.15, -0.1) is 0 Å². The summed E-state index contributed by atoms with van der Waals surface area (Å²) in [5.41, 5.74) is 6.11. The third-order valence-corrected chi connectivity index (χ3v) is 1.19. The Morgan fingerprint density at radius 1 is 1.50 bits per heavy atom. The smallest absolute Gasteiger partial charge is 0.397 e. The van der Waals surface area contributed by atoms with Crippen LogP contribution in [0.5, 0.6) is 0 Å². The lowest BCUT2D eigenvalue weighted by atomic mass is 10.2. The first-order valence-electron chi connectivity index (χ1n) is 3.13.